The van der Waals surface area contributed by atoms with E-state index in [0.717, 1.165) is 11.8 Å². The number of carbonyl (C=O) groups is 3. The highest BCUT2D eigenvalue weighted by atomic mass is 35.5. The Morgan fingerprint density at radius 3 is 1.73 bits per heavy atom. The molecule has 0 atom stereocenters. The van der Waals surface area contributed by atoms with Crippen LogP contribution >= 0.6 is 11.6 Å². The van der Waals surface area contributed by atoms with Crippen molar-refractivity contribution in [2.45, 2.75) is 6.61 Å². The van der Waals surface area contributed by atoms with E-state index in [2.05, 4.69) is 0 Å². The maximum Gasteiger partial charge on any atom is 0.253 e. The smallest absolute Gasteiger partial charge is 0.253 e. The van der Waals surface area contributed by atoms with Gasteiger partial charge in [0, 0.05) is 47.9 Å². The molecular weight excluding hydrogens is 440 g/mol. The number of halogens is 1. The van der Waals surface area contributed by atoms with Crippen molar-refractivity contribution in [3.8, 4) is 5.75 Å². The van der Waals surface area contributed by atoms with Crippen molar-refractivity contribution in [2.75, 3.05) is 26.2 Å². The Bertz CT molecular complexity index is 1120. The van der Waals surface area contributed by atoms with Crippen LogP contribution < -0.4 is 4.74 Å². The van der Waals surface area contributed by atoms with E-state index in [1.807, 2.05) is 12.1 Å². The minimum Gasteiger partial charge on any atom is -0.489 e. The van der Waals surface area contributed by atoms with Gasteiger partial charge in [0.05, 0.1) is 0 Å². The molecule has 7 heteroatoms. The quantitative estimate of drug-likeness (QED) is 0.511. The highest BCUT2D eigenvalue weighted by Crippen LogP contribution is 2.17. The molecule has 4 rings (SSSR count). The van der Waals surface area contributed by atoms with Crippen LogP contribution in [0.2, 0.25) is 5.02 Å². The van der Waals surface area contributed by atoms with Crippen LogP contribution in [-0.2, 0) is 6.61 Å². The molecule has 0 aliphatic carbocycles. The first-order chi connectivity index (χ1) is 16.0. The largest absolute Gasteiger partial charge is 0.489 e. The molecule has 1 fully saturated rings. The summed E-state index contributed by atoms with van der Waals surface area (Å²) in [6, 6.07) is 21.1. The van der Waals surface area contributed by atoms with E-state index < -0.39 is 0 Å². The fourth-order valence-electron chi connectivity index (χ4n) is 3.62. The number of rotatable bonds is 6. The summed E-state index contributed by atoms with van der Waals surface area (Å²) in [6.07, 6.45) is 0.789. The van der Waals surface area contributed by atoms with Crippen molar-refractivity contribution in [3.63, 3.8) is 0 Å². The fourth-order valence-corrected chi connectivity index (χ4v) is 3.75. The van der Waals surface area contributed by atoms with Gasteiger partial charge in [-0.25, -0.2) is 0 Å². The number of amides is 2. The molecule has 1 aliphatic heterocycles. The third-order valence-corrected chi connectivity index (χ3v) is 5.82. The van der Waals surface area contributed by atoms with Gasteiger partial charge < -0.3 is 14.5 Å². The summed E-state index contributed by atoms with van der Waals surface area (Å²) in [5.74, 6) is 0.571. The molecular formula is C26H23ClN2O4. The van der Waals surface area contributed by atoms with Crippen molar-refractivity contribution in [2.24, 2.45) is 0 Å². The first-order valence-corrected chi connectivity index (χ1v) is 11.0. The molecule has 168 valence electrons. The lowest BCUT2D eigenvalue weighted by molar-refractivity contribution is 0.0535. The van der Waals surface area contributed by atoms with Gasteiger partial charge in [0.15, 0.2) is 0 Å². The van der Waals surface area contributed by atoms with E-state index in [0.29, 0.717) is 60.2 Å². The molecule has 0 N–H and O–H groups in total. The van der Waals surface area contributed by atoms with Crippen LogP contribution in [0.25, 0.3) is 0 Å². The lowest BCUT2D eigenvalue weighted by atomic mass is 10.1. The van der Waals surface area contributed by atoms with E-state index in [1.54, 1.807) is 70.5 Å². The Hall–Kier alpha value is -3.64. The van der Waals surface area contributed by atoms with E-state index in [-0.39, 0.29) is 11.8 Å². The second-order valence-electron chi connectivity index (χ2n) is 7.76. The molecule has 2 amide bonds. The first-order valence-electron chi connectivity index (χ1n) is 10.6. The van der Waals surface area contributed by atoms with E-state index >= 15 is 0 Å². The van der Waals surface area contributed by atoms with Crippen LogP contribution in [0.15, 0.2) is 72.8 Å². The summed E-state index contributed by atoms with van der Waals surface area (Å²) in [5, 5.41) is 0.591. The van der Waals surface area contributed by atoms with Crippen molar-refractivity contribution in [3.05, 3.63) is 100 Å². The molecule has 1 aliphatic rings. The zero-order chi connectivity index (χ0) is 23.2. The van der Waals surface area contributed by atoms with Gasteiger partial charge >= 0.3 is 0 Å². The Morgan fingerprint density at radius 1 is 0.758 bits per heavy atom. The number of hydrogen-bond acceptors (Lipinski definition) is 4. The van der Waals surface area contributed by atoms with Crippen LogP contribution in [0.4, 0.5) is 0 Å². The van der Waals surface area contributed by atoms with Gasteiger partial charge in [0.2, 0.25) is 0 Å². The Kier molecular flexibility index (Phi) is 7.05. The van der Waals surface area contributed by atoms with Crippen molar-refractivity contribution in [1.82, 2.24) is 9.80 Å². The summed E-state index contributed by atoms with van der Waals surface area (Å²) in [5.41, 5.74) is 2.73. The van der Waals surface area contributed by atoms with Crippen molar-refractivity contribution >= 4 is 29.7 Å². The SMILES string of the molecule is O=Cc1ccc(OCc2ccc(C(=O)N3CCN(C(=O)c4ccc(Cl)cc4)CC3)cc2)cc1. The maximum atomic E-state index is 12.9. The van der Waals surface area contributed by atoms with Crippen LogP contribution in [-0.4, -0.2) is 54.1 Å². The molecule has 0 aromatic heterocycles. The number of nitrogens with zero attached hydrogens (tertiary/aromatic N) is 2. The number of aldehydes is 1. The molecule has 0 unspecified atom stereocenters. The van der Waals surface area contributed by atoms with Gasteiger partial charge in [-0.1, -0.05) is 23.7 Å². The lowest BCUT2D eigenvalue weighted by Crippen LogP contribution is -2.50. The average Bonchev–Trinajstić information content (AvgIpc) is 2.88. The zero-order valence-electron chi connectivity index (χ0n) is 17.9. The first kappa shape index (κ1) is 22.6. The molecule has 0 bridgehead atoms. The van der Waals surface area contributed by atoms with E-state index in [4.69, 9.17) is 16.3 Å². The predicted molar refractivity (Wildman–Crippen MR) is 126 cm³/mol. The summed E-state index contributed by atoms with van der Waals surface area (Å²) < 4.78 is 5.73. The number of piperazine rings is 1. The molecule has 33 heavy (non-hydrogen) atoms. The molecule has 1 heterocycles. The third-order valence-electron chi connectivity index (χ3n) is 5.57. The molecule has 6 nitrogen and oxygen atoms in total. The molecule has 0 spiro atoms. The third kappa shape index (κ3) is 5.59. The average molecular weight is 463 g/mol. The van der Waals surface area contributed by atoms with Crippen LogP contribution in [0.5, 0.6) is 5.75 Å². The minimum absolute atomic E-state index is 0.0505. The lowest BCUT2D eigenvalue weighted by Gasteiger charge is -2.35. The zero-order valence-corrected chi connectivity index (χ0v) is 18.7. The molecule has 0 saturated carbocycles. The van der Waals surface area contributed by atoms with Gasteiger partial charge in [0.1, 0.15) is 18.6 Å². The summed E-state index contributed by atoms with van der Waals surface area (Å²) in [4.78, 5) is 39.8. The van der Waals surface area contributed by atoms with E-state index in [9.17, 15) is 14.4 Å². The summed E-state index contributed by atoms with van der Waals surface area (Å²) in [6.45, 7) is 2.31. The van der Waals surface area contributed by atoms with Crippen LogP contribution in [0.1, 0.15) is 36.6 Å². The van der Waals surface area contributed by atoms with Gasteiger partial charge in [-0.05, 0) is 66.2 Å². The number of hydrogen-bond donors (Lipinski definition) is 0. The van der Waals surface area contributed by atoms with Gasteiger partial charge in [-0.3, -0.25) is 14.4 Å². The predicted octanol–water partition coefficient (Wildman–Crippen LogP) is 4.33. The Balaban J connectivity index is 1.29. The molecule has 1 saturated heterocycles. The van der Waals surface area contributed by atoms with Gasteiger partial charge in [0.25, 0.3) is 11.8 Å². The maximum absolute atomic E-state index is 12.9. The standard InChI is InChI=1S/C26H23ClN2O4/c27-23-9-7-22(8-10-23)26(32)29-15-13-28(14-16-29)25(31)21-5-1-20(2-6-21)18-33-24-11-3-19(17-30)4-12-24/h1-12,17H,13-16,18H2. The highest BCUT2D eigenvalue weighted by Gasteiger charge is 2.25. The minimum atomic E-state index is -0.0519. The van der Waals surface area contributed by atoms with Crippen molar-refractivity contribution < 1.29 is 19.1 Å². The summed E-state index contributed by atoms with van der Waals surface area (Å²) >= 11 is 5.89. The topological polar surface area (TPSA) is 66.9 Å². The Morgan fingerprint density at radius 2 is 1.24 bits per heavy atom. The highest BCUT2D eigenvalue weighted by molar-refractivity contribution is 6.30. The molecule has 3 aromatic carbocycles. The monoisotopic (exact) mass is 462 g/mol. The second-order valence-corrected chi connectivity index (χ2v) is 8.20. The second kappa shape index (κ2) is 10.3. The van der Waals surface area contributed by atoms with Gasteiger partial charge in [-0.2, -0.15) is 0 Å². The summed E-state index contributed by atoms with van der Waals surface area (Å²) in [7, 11) is 0. The number of benzene rings is 3. The fraction of sp³-hybridized carbons (Fsp3) is 0.192. The Labute approximate surface area is 197 Å². The number of ether oxygens (including phenoxy) is 1. The van der Waals surface area contributed by atoms with Crippen LogP contribution in [0.3, 0.4) is 0 Å². The van der Waals surface area contributed by atoms with E-state index in [1.165, 1.54) is 0 Å². The van der Waals surface area contributed by atoms with Crippen molar-refractivity contribution in [1.29, 1.82) is 0 Å². The molecule has 3 aromatic rings. The van der Waals surface area contributed by atoms with Crippen LogP contribution in [0, 0.1) is 0 Å². The molecule has 0 radical (unpaired) electrons. The normalized spacial score (nSPS) is 13.5. The number of carbonyl (C=O) groups excluding carboxylic acids is 3. The van der Waals surface area contributed by atoms with Gasteiger partial charge in [-0.15, -0.1) is 0 Å².